The second-order valence-corrected chi connectivity index (χ2v) is 10.5. The van der Waals surface area contributed by atoms with E-state index in [1.54, 1.807) is 12.1 Å². The van der Waals surface area contributed by atoms with Crippen molar-refractivity contribution < 1.29 is 9.18 Å². The molecule has 0 radical (unpaired) electrons. The van der Waals surface area contributed by atoms with Gasteiger partial charge in [-0.2, -0.15) is 0 Å². The summed E-state index contributed by atoms with van der Waals surface area (Å²) in [7, 11) is 0. The van der Waals surface area contributed by atoms with Crippen LogP contribution in [0, 0.1) is 18.7 Å². The number of hydrogen-bond donors (Lipinski definition) is 2. The van der Waals surface area contributed by atoms with Gasteiger partial charge in [-0.25, -0.2) is 14.5 Å². The van der Waals surface area contributed by atoms with E-state index in [0.29, 0.717) is 42.0 Å². The third-order valence-corrected chi connectivity index (χ3v) is 6.58. The number of rotatable bonds is 10. The van der Waals surface area contributed by atoms with Gasteiger partial charge >= 0.3 is 0 Å². The number of carbonyl (C=O) groups is 1. The summed E-state index contributed by atoms with van der Waals surface area (Å²) in [6, 6.07) is 25.9. The highest BCUT2D eigenvalue weighted by Gasteiger charge is 2.18. The molecule has 1 amide bonds. The Balaban J connectivity index is 1.55. The zero-order valence-electron chi connectivity index (χ0n) is 23.3. The summed E-state index contributed by atoms with van der Waals surface area (Å²) in [5.74, 6) is 1.13. The normalized spacial score (nSPS) is 11.0. The Morgan fingerprint density at radius 1 is 0.951 bits per heavy atom. The van der Waals surface area contributed by atoms with E-state index < -0.39 is 0 Å². The topological polar surface area (TPSA) is 99.7 Å². The van der Waals surface area contributed by atoms with Crippen LogP contribution in [0.1, 0.15) is 30.5 Å². The molecule has 2 heterocycles. The van der Waals surface area contributed by atoms with Crippen LogP contribution in [0.2, 0.25) is 0 Å². The fourth-order valence-corrected chi connectivity index (χ4v) is 4.66. The lowest BCUT2D eigenvalue weighted by atomic mass is 10.0. The third kappa shape index (κ3) is 7.19. The van der Waals surface area contributed by atoms with Gasteiger partial charge in [-0.15, -0.1) is 5.10 Å². The molecule has 3 aromatic carbocycles. The first kappa shape index (κ1) is 27.6. The SMILES string of the molecule is Cc1ccc(CC(=O)Nc2cc(-c3ccccc3-c3nnn[nH]3)nc(N(Cc3ccc(F)cc3)CC(C)C)c2)cc1. The zero-order chi connectivity index (χ0) is 28.8. The van der Waals surface area contributed by atoms with Crippen molar-refractivity contribution in [2.45, 2.75) is 33.7 Å². The number of carbonyl (C=O) groups excluding carboxylic acids is 1. The minimum Gasteiger partial charge on any atom is -0.352 e. The van der Waals surface area contributed by atoms with E-state index in [9.17, 15) is 9.18 Å². The monoisotopic (exact) mass is 549 g/mol. The quantitative estimate of drug-likeness (QED) is 0.215. The molecule has 9 heteroatoms. The number of halogens is 1. The minimum atomic E-state index is -0.277. The fraction of sp³-hybridized carbons (Fsp3) is 0.219. The van der Waals surface area contributed by atoms with Crippen LogP contribution in [0.5, 0.6) is 0 Å². The van der Waals surface area contributed by atoms with E-state index in [0.717, 1.165) is 27.8 Å². The maximum atomic E-state index is 13.6. The number of aromatic nitrogens is 5. The maximum Gasteiger partial charge on any atom is 0.228 e. The van der Waals surface area contributed by atoms with Gasteiger partial charge in [0.15, 0.2) is 5.82 Å². The summed E-state index contributed by atoms with van der Waals surface area (Å²) in [5, 5.41) is 17.5. The van der Waals surface area contributed by atoms with E-state index in [1.807, 2.05) is 67.6 Å². The molecule has 41 heavy (non-hydrogen) atoms. The Morgan fingerprint density at radius 2 is 1.66 bits per heavy atom. The van der Waals surface area contributed by atoms with Gasteiger partial charge in [0.2, 0.25) is 5.91 Å². The van der Waals surface area contributed by atoms with Crippen molar-refractivity contribution in [2.24, 2.45) is 5.92 Å². The predicted octanol–water partition coefficient (Wildman–Crippen LogP) is 6.22. The number of H-pyrrole nitrogens is 1. The number of amides is 1. The molecule has 208 valence electrons. The van der Waals surface area contributed by atoms with Crippen LogP contribution in [-0.4, -0.2) is 38.1 Å². The molecule has 0 unspecified atom stereocenters. The zero-order valence-corrected chi connectivity index (χ0v) is 23.3. The second kappa shape index (κ2) is 12.5. The van der Waals surface area contributed by atoms with Crippen LogP contribution in [-0.2, 0) is 17.8 Å². The first-order chi connectivity index (χ1) is 19.8. The van der Waals surface area contributed by atoms with Crippen LogP contribution < -0.4 is 10.2 Å². The van der Waals surface area contributed by atoms with Crippen molar-refractivity contribution in [1.29, 1.82) is 0 Å². The number of benzene rings is 3. The molecular formula is C32H32FN7O. The van der Waals surface area contributed by atoms with Gasteiger partial charge in [0.25, 0.3) is 0 Å². The summed E-state index contributed by atoms with van der Waals surface area (Å²) in [6.45, 7) is 7.53. The first-order valence-electron chi connectivity index (χ1n) is 13.5. The molecule has 0 aliphatic rings. The number of anilines is 2. The van der Waals surface area contributed by atoms with Crippen molar-refractivity contribution in [3.63, 3.8) is 0 Å². The summed E-state index contributed by atoms with van der Waals surface area (Å²) in [6.07, 6.45) is 0.249. The molecule has 2 N–H and O–H groups in total. The lowest BCUT2D eigenvalue weighted by Crippen LogP contribution is -2.28. The van der Waals surface area contributed by atoms with Crippen molar-refractivity contribution in [3.8, 4) is 22.6 Å². The van der Waals surface area contributed by atoms with E-state index in [-0.39, 0.29) is 18.1 Å². The molecule has 2 aromatic heterocycles. The van der Waals surface area contributed by atoms with Gasteiger partial charge in [-0.05, 0) is 52.6 Å². The molecule has 0 saturated heterocycles. The molecule has 0 fully saturated rings. The highest BCUT2D eigenvalue weighted by molar-refractivity contribution is 5.93. The third-order valence-electron chi connectivity index (χ3n) is 6.58. The molecule has 0 aliphatic carbocycles. The van der Waals surface area contributed by atoms with Crippen molar-refractivity contribution in [3.05, 3.63) is 107 Å². The summed E-state index contributed by atoms with van der Waals surface area (Å²) < 4.78 is 13.6. The Morgan fingerprint density at radius 3 is 2.34 bits per heavy atom. The molecular weight excluding hydrogens is 517 g/mol. The number of aromatic amines is 1. The van der Waals surface area contributed by atoms with E-state index in [4.69, 9.17) is 4.98 Å². The van der Waals surface area contributed by atoms with Gasteiger partial charge in [0, 0.05) is 36.0 Å². The fourth-order valence-electron chi connectivity index (χ4n) is 4.66. The van der Waals surface area contributed by atoms with Gasteiger partial charge < -0.3 is 10.2 Å². The Kier molecular flexibility index (Phi) is 8.43. The Bertz CT molecular complexity index is 1600. The van der Waals surface area contributed by atoms with Crippen molar-refractivity contribution in [1.82, 2.24) is 25.6 Å². The predicted molar refractivity (Wildman–Crippen MR) is 159 cm³/mol. The number of nitrogens with zero attached hydrogens (tertiary/aromatic N) is 5. The van der Waals surface area contributed by atoms with Gasteiger partial charge in [-0.1, -0.05) is 80.1 Å². The minimum absolute atomic E-state index is 0.126. The van der Waals surface area contributed by atoms with Crippen molar-refractivity contribution in [2.75, 3.05) is 16.8 Å². The van der Waals surface area contributed by atoms with Crippen LogP contribution >= 0.6 is 0 Å². The standard InChI is InChI=1S/C32H32FN7O/c1-21(2)19-40(20-24-12-14-25(33)15-13-24)30-18-26(34-31(41)16-23-10-8-22(3)9-11-23)17-29(35-30)27-6-4-5-7-28(27)32-36-38-39-37-32/h4-15,17-18,21H,16,19-20H2,1-3H3,(H,34,35,41)(H,36,37,38,39). The molecule has 0 spiro atoms. The average molecular weight is 550 g/mol. The molecule has 0 aliphatic heterocycles. The molecule has 0 atom stereocenters. The highest BCUT2D eigenvalue weighted by atomic mass is 19.1. The van der Waals surface area contributed by atoms with Crippen molar-refractivity contribution >= 4 is 17.4 Å². The largest absolute Gasteiger partial charge is 0.352 e. The lowest BCUT2D eigenvalue weighted by molar-refractivity contribution is -0.115. The van der Waals surface area contributed by atoms with E-state index >= 15 is 0 Å². The van der Waals surface area contributed by atoms with Crippen LogP contribution in [0.25, 0.3) is 22.6 Å². The van der Waals surface area contributed by atoms with Gasteiger partial charge in [-0.3, -0.25) is 4.79 Å². The maximum absolute atomic E-state index is 13.6. The average Bonchev–Trinajstić information content (AvgIpc) is 3.50. The lowest BCUT2D eigenvalue weighted by Gasteiger charge is -2.27. The molecule has 5 rings (SSSR count). The summed E-state index contributed by atoms with van der Waals surface area (Å²) in [4.78, 5) is 20.3. The number of tetrazole rings is 1. The van der Waals surface area contributed by atoms with Crippen LogP contribution in [0.15, 0.2) is 84.9 Å². The Labute approximate surface area is 238 Å². The molecule has 8 nitrogen and oxygen atoms in total. The number of pyridine rings is 1. The first-order valence-corrected chi connectivity index (χ1v) is 13.5. The van der Waals surface area contributed by atoms with Gasteiger partial charge in [0.1, 0.15) is 11.6 Å². The molecule has 5 aromatic rings. The highest BCUT2D eigenvalue weighted by Crippen LogP contribution is 2.33. The number of nitrogens with one attached hydrogen (secondary N) is 2. The van der Waals surface area contributed by atoms with E-state index in [1.165, 1.54) is 12.1 Å². The number of aryl methyl sites for hydroxylation is 1. The molecule has 0 bridgehead atoms. The smallest absolute Gasteiger partial charge is 0.228 e. The second-order valence-electron chi connectivity index (χ2n) is 10.5. The number of hydrogen-bond acceptors (Lipinski definition) is 6. The van der Waals surface area contributed by atoms with Crippen LogP contribution in [0.4, 0.5) is 15.9 Å². The van der Waals surface area contributed by atoms with E-state index in [2.05, 4.69) is 44.7 Å². The van der Waals surface area contributed by atoms with Gasteiger partial charge in [0.05, 0.1) is 12.1 Å². The summed E-state index contributed by atoms with van der Waals surface area (Å²) in [5.41, 5.74) is 5.92. The molecule has 0 saturated carbocycles. The van der Waals surface area contributed by atoms with Crippen LogP contribution in [0.3, 0.4) is 0 Å². The Hall–Kier alpha value is -4.92. The summed E-state index contributed by atoms with van der Waals surface area (Å²) >= 11 is 0.